The molecule has 0 spiro atoms. The van der Waals surface area contributed by atoms with E-state index in [4.69, 9.17) is 11.6 Å². The number of hydrogen-bond donors (Lipinski definition) is 2. The first-order valence-corrected chi connectivity index (χ1v) is 12.5. The molecular weight excluding hydrogens is 481 g/mol. The summed E-state index contributed by atoms with van der Waals surface area (Å²) < 4.78 is 46.2. The Morgan fingerprint density at radius 1 is 1.18 bits per heavy atom. The zero-order valence-corrected chi connectivity index (χ0v) is 19.9. The number of carbonyl (C=O) groups excluding carboxylic acids is 1. The molecular formula is C24H23ClFN3O4S. The van der Waals surface area contributed by atoms with Gasteiger partial charge in [-0.1, -0.05) is 35.9 Å². The molecule has 10 heteroatoms. The lowest BCUT2D eigenvalue weighted by molar-refractivity contribution is 0.0713. The van der Waals surface area contributed by atoms with Crippen molar-refractivity contribution in [3.63, 3.8) is 0 Å². The van der Waals surface area contributed by atoms with Crippen LogP contribution < -0.4 is 5.32 Å². The largest absolute Gasteiger partial charge is 0.354 e. The van der Waals surface area contributed by atoms with Crippen LogP contribution in [0.2, 0.25) is 5.02 Å². The number of hydrogen-bond acceptors (Lipinski definition) is 5. The fraction of sp³-hybridized carbons (Fsp3) is 0.250. The van der Waals surface area contributed by atoms with Crippen molar-refractivity contribution in [1.29, 1.82) is 0 Å². The van der Waals surface area contributed by atoms with E-state index in [9.17, 15) is 22.2 Å². The number of halogens is 2. The van der Waals surface area contributed by atoms with Crippen LogP contribution in [-0.2, 0) is 10.1 Å². The van der Waals surface area contributed by atoms with E-state index in [0.717, 1.165) is 17.3 Å². The standard InChI is InChI=1S/C24H23ClFN3O4S/c1-15-3-2-4-19(13-15)28-22-20(14-27-23(21(22)25)34(31,32)33)24(30)29-11-9-17(10-12-29)16-5-7-18(26)8-6-16/h2-8,13-14,17H,9-12H2,1H3,(H,27,28)(H,31,32,33). The zero-order valence-electron chi connectivity index (χ0n) is 18.3. The normalized spacial score (nSPS) is 14.8. The number of nitrogens with one attached hydrogen (secondary N) is 1. The van der Waals surface area contributed by atoms with Crippen molar-refractivity contribution < 1.29 is 22.2 Å². The quantitative estimate of drug-likeness (QED) is 0.465. The van der Waals surface area contributed by atoms with Crippen LogP contribution in [0.4, 0.5) is 15.8 Å². The van der Waals surface area contributed by atoms with Crippen molar-refractivity contribution in [2.24, 2.45) is 0 Å². The molecule has 0 aliphatic carbocycles. The van der Waals surface area contributed by atoms with Crippen molar-refractivity contribution in [2.75, 3.05) is 18.4 Å². The summed E-state index contributed by atoms with van der Waals surface area (Å²) in [5, 5.41) is 1.93. The Labute approximate surface area is 202 Å². The van der Waals surface area contributed by atoms with Gasteiger partial charge >= 0.3 is 10.1 Å². The van der Waals surface area contributed by atoms with E-state index in [1.165, 1.54) is 12.1 Å². The Morgan fingerprint density at radius 2 is 1.85 bits per heavy atom. The van der Waals surface area contributed by atoms with Crippen LogP contribution >= 0.6 is 11.6 Å². The van der Waals surface area contributed by atoms with E-state index in [0.29, 0.717) is 31.6 Å². The maximum atomic E-state index is 13.4. The summed E-state index contributed by atoms with van der Waals surface area (Å²) in [5.74, 6) is -0.440. The van der Waals surface area contributed by atoms with Crippen LogP contribution in [0.3, 0.4) is 0 Å². The lowest BCUT2D eigenvalue weighted by Crippen LogP contribution is -2.38. The molecule has 1 fully saturated rings. The molecule has 0 bridgehead atoms. The first-order valence-electron chi connectivity index (χ1n) is 10.7. The average molecular weight is 504 g/mol. The van der Waals surface area contributed by atoms with Gasteiger partial charge in [0.25, 0.3) is 5.91 Å². The number of carbonyl (C=O) groups is 1. The maximum absolute atomic E-state index is 13.4. The van der Waals surface area contributed by atoms with Crippen molar-refractivity contribution in [2.45, 2.75) is 30.7 Å². The van der Waals surface area contributed by atoms with Crippen molar-refractivity contribution >= 4 is 39.0 Å². The Bertz CT molecular complexity index is 1320. The molecule has 0 unspecified atom stereocenters. The fourth-order valence-corrected chi connectivity index (χ4v) is 5.13. The van der Waals surface area contributed by atoms with Crippen LogP contribution in [0, 0.1) is 12.7 Å². The third-order valence-corrected chi connectivity index (χ3v) is 7.15. The molecule has 178 valence electrons. The second kappa shape index (κ2) is 9.69. The lowest BCUT2D eigenvalue weighted by Gasteiger charge is -2.32. The van der Waals surface area contributed by atoms with Crippen molar-refractivity contribution in [3.05, 3.63) is 82.3 Å². The molecule has 3 aromatic rings. The van der Waals surface area contributed by atoms with Gasteiger partial charge in [-0.05, 0) is 61.1 Å². The molecule has 4 rings (SSSR count). The molecule has 0 saturated carbocycles. The highest BCUT2D eigenvalue weighted by atomic mass is 35.5. The van der Waals surface area contributed by atoms with Gasteiger partial charge in [0.1, 0.15) is 10.8 Å². The van der Waals surface area contributed by atoms with Gasteiger partial charge in [0.05, 0.1) is 11.3 Å². The van der Waals surface area contributed by atoms with Gasteiger partial charge in [-0.3, -0.25) is 9.35 Å². The zero-order chi connectivity index (χ0) is 24.5. The van der Waals surface area contributed by atoms with E-state index in [-0.39, 0.29) is 33.9 Å². The molecule has 2 N–H and O–H groups in total. The van der Waals surface area contributed by atoms with E-state index in [1.807, 2.05) is 19.1 Å². The number of nitrogens with zero attached hydrogens (tertiary/aromatic N) is 2. The van der Waals surface area contributed by atoms with Crippen LogP contribution in [-0.4, -0.2) is 41.9 Å². The summed E-state index contributed by atoms with van der Waals surface area (Å²) in [6, 6.07) is 13.6. The summed E-state index contributed by atoms with van der Waals surface area (Å²) in [7, 11) is -4.70. The average Bonchev–Trinajstić information content (AvgIpc) is 2.80. The number of likely N-dealkylation sites (tertiary alicyclic amines) is 1. The number of piperidine rings is 1. The SMILES string of the molecule is Cc1cccc(Nc2c(C(=O)N3CCC(c4ccc(F)cc4)CC3)cnc(S(=O)(=O)O)c2Cl)c1. The van der Waals surface area contributed by atoms with Gasteiger partial charge in [0, 0.05) is 25.0 Å². The van der Waals surface area contributed by atoms with Crippen molar-refractivity contribution in [1.82, 2.24) is 9.88 Å². The number of aryl methyl sites for hydroxylation is 1. The molecule has 7 nitrogen and oxygen atoms in total. The maximum Gasteiger partial charge on any atom is 0.313 e. The van der Waals surface area contributed by atoms with E-state index in [1.54, 1.807) is 29.2 Å². The Hall–Kier alpha value is -3.01. The van der Waals surface area contributed by atoms with Gasteiger partial charge in [-0.15, -0.1) is 0 Å². The van der Waals surface area contributed by atoms with Crippen LogP contribution in [0.15, 0.2) is 59.8 Å². The van der Waals surface area contributed by atoms with E-state index in [2.05, 4.69) is 10.3 Å². The predicted molar refractivity (Wildman–Crippen MR) is 128 cm³/mol. The Balaban J connectivity index is 1.62. The van der Waals surface area contributed by atoms with Gasteiger partial charge in [-0.2, -0.15) is 8.42 Å². The minimum absolute atomic E-state index is 0.0561. The third kappa shape index (κ3) is 5.22. The number of amides is 1. The molecule has 0 radical (unpaired) electrons. The first kappa shape index (κ1) is 24.1. The predicted octanol–water partition coefficient (Wildman–Crippen LogP) is 5.19. The summed E-state index contributed by atoms with van der Waals surface area (Å²) in [6.07, 6.45) is 2.51. The van der Waals surface area contributed by atoms with Crippen molar-refractivity contribution in [3.8, 4) is 0 Å². The highest BCUT2D eigenvalue weighted by molar-refractivity contribution is 7.85. The van der Waals surface area contributed by atoms with Crippen LogP contribution in [0.5, 0.6) is 0 Å². The topological polar surface area (TPSA) is 99.6 Å². The lowest BCUT2D eigenvalue weighted by atomic mass is 9.89. The summed E-state index contributed by atoms with van der Waals surface area (Å²) in [5.41, 5.74) is 2.72. The highest BCUT2D eigenvalue weighted by Gasteiger charge is 2.29. The van der Waals surface area contributed by atoms with Gasteiger partial charge in [0.15, 0.2) is 0 Å². The molecule has 2 heterocycles. The van der Waals surface area contributed by atoms with Gasteiger partial charge in [-0.25, -0.2) is 9.37 Å². The third-order valence-electron chi connectivity index (χ3n) is 5.87. The fourth-order valence-electron chi connectivity index (χ4n) is 4.12. The van der Waals surface area contributed by atoms with Crippen LogP contribution in [0.25, 0.3) is 0 Å². The number of aromatic nitrogens is 1. The second-order valence-corrected chi connectivity index (χ2v) is 9.97. The number of pyridine rings is 1. The van der Waals surface area contributed by atoms with E-state index >= 15 is 0 Å². The molecule has 34 heavy (non-hydrogen) atoms. The Morgan fingerprint density at radius 3 is 2.47 bits per heavy atom. The summed E-state index contributed by atoms with van der Waals surface area (Å²) in [6.45, 7) is 2.81. The van der Waals surface area contributed by atoms with Gasteiger partial charge < -0.3 is 10.2 Å². The number of rotatable bonds is 5. The molecule has 1 saturated heterocycles. The molecule has 0 atom stereocenters. The molecule has 1 aromatic heterocycles. The minimum Gasteiger partial charge on any atom is -0.354 e. The number of anilines is 2. The van der Waals surface area contributed by atoms with Gasteiger partial charge in [0.2, 0.25) is 5.03 Å². The molecule has 1 aliphatic rings. The van der Waals surface area contributed by atoms with E-state index < -0.39 is 15.1 Å². The summed E-state index contributed by atoms with van der Waals surface area (Å²) in [4.78, 5) is 18.8. The summed E-state index contributed by atoms with van der Waals surface area (Å²) >= 11 is 6.32. The van der Waals surface area contributed by atoms with Crippen LogP contribution in [0.1, 0.15) is 40.2 Å². The molecule has 1 amide bonds. The number of benzene rings is 2. The first-order chi connectivity index (χ1) is 16.1. The molecule has 2 aromatic carbocycles. The smallest absolute Gasteiger partial charge is 0.313 e. The highest BCUT2D eigenvalue weighted by Crippen LogP contribution is 2.35. The monoisotopic (exact) mass is 503 g/mol. The Kier molecular flexibility index (Phi) is 6.88. The second-order valence-electron chi connectivity index (χ2n) is 8.25. The minimum atomic E-state index is -4.70. The molecule has 1 aliphatic heterocycles.